The lowest BCUT2D eigenvalue weighted by molar-refractivity contribution is -0.126. The van der Waals surface area contributed by atoms with Gasteiger partial charge in [-0.1, -0.05) is 31.5 Å². The molecule has 1 aromatic carbocycles. The third-order valence-corrected chi connectivity index (χ3v) is 3.32. The van der Waals surface area contributed by atoms with Crippen molar-refractivity contribution in [1.82, 2.24) is 5.32 Å². The fraction of sp³-hybridized carbons (Fsp3) is 0.467. The number of amides is 2. The van der Waals surface area contributed by atoms with Gasteiger partial charge in [-0.05, 0) is 37.0 Å². The van der Waals surface area contributed by atoms with Gasteiger partial charge in [-0.3, -0.25) is 9.59 Å². The standard InChI is InChI=1S/C15H21ClN2O2/c1-10(2)7-8-17-14(19)9-15(20)18-13-6-4-5-12(16)11(13)3/h4-6,10H,7-9H2,1-3H3,(H,17,19)(H,18,20). The van der Waals surface area contributed by atoms with E-state index >= 15 is 0 Å². The second-order valence-corrected chi connectivity index (χ2v) is 5.58. The van der Waals surface area contributed by atoms with Gasteiger partial charge in [0.05, 0.1) is 0 Å². The summed E-state index contributed by atoms with van der Waals surface area (Å²) >= 11 is 5.97. The Hall–Kier alpha value is -1.55. The summed E-state index contributed by atoms with van der Waals surface area (Å²) in [6, 6.07) is 5.27. The van der Waals surface area contributed by atoms with Crippen molar-refractivity contribution in [2.24, 2.45) is 5.92 Å². The van der Waals surface area contributed by atoms with E-state index in [1.54, 1.807) is 18.2 Å². The van der Waals surface area contributed by atoms with E-state index in [0.29, 0.717) is 23.2 Å². The Labute approximate surface area is 124 Å². The van der Waals surface area contributed by atoms with Crippen molar-refractivity contribution in [3.05, 3.63) is 28.8 Å². The number of nitrogens with one attached hydrogen (secondary N) is 2. The van der Waals surface area contributed by atoms with Crippen LogP contribution < -0.4 is 10.6 Å². The first-order valence-corrected chi connectivity index (χ1v) is 7.09. The monoisotopic (exact) mass is 296 g/mol. The van der Waals surface area contributed by atoms with E-state index in [9.17, 15) is 9.59 Å². The van der Waals surface area contributed by atoms with Gasteiger partial charge in [0.15, 0.2) is 0 Å². The van der Waals surface area contributed by atoms with Crippen molar-refractivity contribution in [3.63, 3.8) is 0 Å². The van der Waals surface area contributed by atoms with Crippen molar-refractivity contribution in [3.8, 4) is 0 Å². The summed E-state index contributed by atoms with van der Waals surface area (Å²) in [6.45, 7) is 6.59. The van der Waals surface area contributed by atoms with Crippen LogP contribution in [0.4, 0.5) is 5.69 Å². The molecular weight excluding hydrogens is 276 g/mol. The lowest BCUT2D eigenvalue weighted by atomic mass is 10.1. The molecule has 110 valence electrons. The van der Waals surface area contributed by atoms with Crippen LogP contribution in [0.5, 0.6) is 0 Å². The van der Waals surface area contributed by atoms with Crippen LogP contribution in [0.3, 0.4) is 0 Å². The Bertz CT molecular complexity index is 487. The molecule has 1 aromatic rings. The number of hydrogen-bond acceptors (Lipinski definition) is 2. The molecule has 1 rings (SSSR count). The molecule has 0 aliphatic rings. The predicted octanol–water partition coefficient (Wildman–Crippen LogP) is 3.14. The summed E-state index contributed by atoms with van der Waals surface area (Å²) in [5.74, 6) is -0.0709. The fourth-order valence-electron chi connectivity index (χ4n) is 1.65. The van der Waals surface area contributed by atoms with Gasteiger partial charge in [0.25, 0.3) is 0 Å². The average Bonchev–Trinajstić information content (AvgIpc) is 2.34. The fourth-order valence-corrected chi connectivity index (χ4v) is 1.82. The molecule has 2 N–H and O–H groups in total. The molecule has 5 heteroatoms. The Morgan fingerprint density at radius 1 is 1.25 bits per heavy atom. The highest BCUT2D eigenvalue weighted by Gasteiger charge is 2.11. The van der Waals surface area contributed by atoms with Crippen LogP contribution in [0.1, 0.15) is 32.3 Å². The third kappa shape index (κ3) is 5.61. The minimum Gasteiger partial charge on any atom is -0.356 e. The van der Waals surface area contributed by atoms with Crippen LogP contribution in [0.2, 0.25) is 5.02 Å². The summed E-state index contributed by atoms with van der Waals surface area (Å²) in [6.07, 6.45) is 0.727. The topological polar surface area (TPSA) is 58.2 Å². The maximum absolute atomic E-state index is 11.8. The molecule has 0 atom stereocenters. The molecule has 0 aliphatic heterocycles. The second-order valence-electron chi connectivity index (χ2n) is 5.17. The summed E-state index contributed by atoms with van der Waals surface area (Å²) < 4.78 is 0. The zero-order valence-corrected chi connectivity index (χ0v) is 12.9. The number of carbonyl (C=O) groups excluding carboxylic acids is 2. The van der Waals surface area contributed by atoms with E-state index in [1.807, 2.05) is 6.92 Å². The molecule has 0 heterocycles. The molecule has 0 unspecified atom stereocenters. The predicted molar refractivity (Wildman–Crippen MR) is 81.9 cm³/mol. The molecule has 0 spiro atoms. The first kappa shape index (κ1) is 16.5. The number of benzene rings is 1. The minimum atomic E-state index is -0.336. The van der Waals surface area contributed by atoms with Gasteiger partial charge < -0.3 is 10.6 Å². The highest BCUT2D eigenvalue weighted by Crippen LogP contribution is 2.22. The molecule has 0 saturated heterocycles. The van der Waals surface area contributed by atoms with E-state index in [-0.39, 0.29) is 18.2 Å². The molecule has 4 nitrogen and oxygen atoms in total. The molecule has 20 heavy (non-hydrogen) atoms. The summed E-state index contributed by atoms with van der Waals surface area (Å²) in [5.41, 5.74) is 1.43. The quantitative estimate of drug-likeness (QED) is 0.792. The minimum absolute atomic E-state index is 0.177. The molecule has 2 amide bonds. The number of carbonyl (C=O) groups is 2. The van der Waals surface area contributed by atoms with Crippen molar-refractivity contribution in [1.29, 1.82) is 0 Å². The Balaban J connectivity index is 2.43. The van der Waals surface area contributed by atoms with E-state index < -0.39 is 0 Å². The van der Waals surface area contributed by atoms with Gasteiger partial charge in [0, 0.05) is 17.3 Å². The van der Waals surface area contributed by atoms with E-state index in [2.05, 4.69) is 24.5 Å². The number of hydrogen-bond donors (Lipinski definition) is 2. The Kier molecular flexibility index (Phi) is 6.52. The van der Waals surface area contributed by atoms with Gasteiger partial charge in [0.2, 0.25) is 11.8 Å². The van der Waals surface area contributed by atoms with Gasteiger partial charge >= 0.3 is 0 Å². The Morgan fingerprint density at radius 3 is 2.60 bits per heavy atom. The number of anilines is 1. The number of halogens is 1. The van der Waals surface area contributed by atoms with Crippen LogP contribution in [0.25, 0.3) is 0 Å². The van der Waals surface area contributed by atoms with Crippen LogP contribution in [-0.2, 0) is 9.59 Å². The molecule has 0 fully saturated rings. The first-order valence-electron chi connectivity index (χ1n) is 6.71. The normalized spacial score (nSPS) is 10.4. The zero-order chi connectivity index (χ0) is 15.1. The molecular formula is C15H21ClN2O2. The van der Waals surface area contributed by atoms with Gasteiger partial charge in [0.1, 0.15) is 6.42 Å². The van der Waals surface area contributed by atoms with Crippen molar-refractivity contribution in [2.75, 3.05) is 11.9 Å². The summed E-state index contributed by atoms with van der Waals surface area (Å²) in [7, 11) is 0. The summed E-state index contributed by atoms with van der Waals surface area (Å²) in [4.78, 5) is 23.3. The Morgan fingerprint density at radius 2 is 1.95 bits per heavy atom. The van der Waals surface area contributed by atoms with Crippen LogP contribution in [0, 0.1) is 12.8 Å². The third-order valence-electron chi connectivity index (χ3n) is 2.91. The smallest absolute Gasteiger partial charge is 0.233 e. The van der Waals surface area contributed by atoms with Gasteiger partial charge in [-0.15, -0.1) is 0 Å². The van der Waals surface area contributed by atoms with Gasteiger partial charge in [-0.25, -0.2) is 0 Å². The molecule has 0 aromatic heterocycles. The molecule has 0 bridgehead atoms. The highest BCUT2D eigenvalue weighted by molar-refractivity contribution is 6.31. The maximum Gasteiger partial charge on any atom is 0.233 e. The van der Waals surface area contributed by atoms with Crippen molar-refractivity contribution in [2.45, 2.75) is 33.6 Å². The molecule has 0 radical (unpaired) electrons. The van der Waals surface area contributed by atoms with Crippen LogP contribution >= 0.6 is 11.6 Å². The zero-order valence-electron chi connectivity index (χ0n) is 12.1. The summed E-state index contributed by atoms with van der Waals surface area (Å²) in [5, 5.41) is 6.01. The lowest BCUT2D eigenvalue weighted by Gasteiger charge is -2.10. The van der Waals surface area contributed by atoms with Crippen LogP contribution in [0.15, 0.2) is 18.2 Å². The highest BCUT2D eigenvalue weighted by atomic mass is 35.5. The van der Waals surface area contributed by atoms with Crippen molar-refractivity contribution >= 4 is 29.1 Å². The maximum atomic E-state index is 11.8. The largest absolute Gasteiger partial charge is 0.356 e. The first-order chi connectivity index (χ1) is 9.40. The number of rotatable bonds is 6. The molecule has 0 aliphatic carbocycles. The molecule has 0 saturated carbocycles. The lowest BCUT2D eigenvalue weighted by Crippen LogP contribution is -2.29. The van der Waals surface area contributed by atoms with E-state index in [0.717, 1.165) is 12.0 Å². The average molecular weight is 297 g/mol. The van der Waals surface area contributed by atoms with E-state index in [4.69, 9.17) is 11.6 Å². The second kappa shape index (κ2) is 7.90. The van der Waals surface area contributed by atoms with Gasteiger partial charge in [-0.2, -0.15) is 0 Å². The SMILES string of the molecule is Cc1c(Cl)cccc1NC(=O)CC(=O)NCCC(C)C. The van der Waals surface area contributed by atoms with E-state index in [1.165, 1.54) is 0 Å². The van der Waals surface area contributed by atoms with Crippen molar-refractivity contribution < 1.29 is 9.59 Å². The van der Waals surface area contributed by atoms with Crippen LogP contribution in [-0.4, -0.2) is 18.4 Å².